The molecule has 19 heavy (non-hydrogen) atoms. The van der Waals surface area contributed by atoms with E-state index >= 15 is 0 Å². The lowest BCUT2D eigenvalue weighted by atomic mass is 10.1. The van der Waals surface area contributed by atoms with Gasteiger partial charge in [0.2, 0.25) is 0 Å². The maximum Gasteiger partial charge on any atom is 0.358 e. The first kappa shape index (κ1) is 11.9. The lowest BCUT2D eigenvalue weighted by Gasteiger charge is -2.38. The lowest BCUT2D eigenvalue weighted by Crippen LogP contribution is -2.47. The number of carboxylic acids is 1. The van der Waals surface area contributed by atoms with Crippen molar-refractivity contribution in [3.63, 3.8) is 0 Å². The average Bonchev–Trinajstić information content (AvgIpc) is 2.92. The van der Waals surface area contributed by atoms with Gasteiger partial charge in [-0.15, -0.1) is 5.10 Å². The molecule has 0 saturated carbocycles. The third-order valence-corrected chi connectivity index (χ3v) is 3.38. The molecule has 1 N–H and O–H groups in total. The standard InChI is InChI=1S/C12H14N4O3/c1-8-2-3-19-11(8)7-15-4-9(5-15)16-6-10(12(17)18)13-14-16/h2-3,6,9H,4-5,7H2,1H3,(H,17,18). The summed E-state index contributed by atoms with van der Waals surface area (Å²) in [6, 6.07) is 2.14. The molecule has 3 heterocycles. The van der Waals surface area contributed by atoms with Crippen LogP contribution in [0, 0.1) is 6.92 Å². The third-order valence-electron chi connectivity index (χ3n) is 3.38. The number of hydrogen-bond acceptors (Lipinski definition) is 5. The first-order valence-corrected chi connectivity index (χ1v) is 6.04. The molecule has 7 heteroatoms. The minimum Gasteiger partial charge on any atom is -0.476 e. The first-order chi connectivity index (χ1) is 9.13. The van der Waals surface area contributed by atoms with Crippen LogP contribution in [0.25, 0.3) is 0 Å². The first-order valence-electron chi connectivity index (χ1n) is 6.04. The van der Waals surface area contributed by atoms with Crippen molar-refractivity contribution in [1.82, 2.24) is 19.9 Å². The number of rotatable bonds is 4. The Morgan fingerprint density at radius 2 is 2.37 bits per heavy atom. The van der Waals surface area contributed by atoms with E-state index in [9.17, 15) is 4.79 Å². The molecule has 2 aromatic heterocycles. The highest BCUT2D eigenvalue weighted by Gasteiger charge is 2.30. The van der Waals surface area contributed by atoms with Gasteiger partial charge in [-0.3, -0.25) is 4.90 Å². The number of hydrogen-bond donors (Lipinski definition) is 1. The van der Waals surface area contributed by atoms with E-state index in [1.165, 1.54) is 6.20 Å². The van der Waals surface area contributed by atoms with Crippen molar-refractivity contribution in [2.75, 3.05) is 13.1 Å². The van der Waals surface area contributed by atoms with E-state index in [-0.39, 0.29) is 11.7 Å². The normalized spacial score (nSPS) is 16.5. The van der Waals surface area contributed by atoms with E-state index in [1.54, 1.807) is 10.9 Å². The zero-order valence-corrected chi connectivity index (χ0v) is 10.5. The molecule has 0 aliphatic carbocycles. The number of likely N-dealkylation sites (tertiary alicyclic amines) is 1. The largest absolute Gasteiger partial charge is 0.476 e. The van der Waals surface area contributed by atoms with Gasteiger partial charge in [0.25, 0.3) is 0 Å². The Labute approximate surface area is 109 Å². The summed E-state index contributed by atoms with van der Waals surface area (Å²) in [5.74, 6) is -0.0723. The minimum absolute atomic E-state index is 0.0136. The summed E-state index contributed by atoms with van der Waals surface area (Å²) in [6.07, 6.45) is 3.17. The van der Waals surface area contributed by atoms with Crippen molar-refractivity contribution in [3.8, 4) is 0 Å². The molecule has 0 unspecified atom stereocenters. The van der Waals surface area contributed by atoms with Crippen LogP contribution in [0.15, 0.2) is 22.9 Å². The maximum atomic E-state index is 10.7. The number of nitrogens with zero attached hydrogens (tertiary/aromatic N) is 4. The fraction of sp³-hybridized carbons (Fsp3) is 0.417. The summed E-state index contributed by atoms with van der Waals surface area (Å²) in [7, 11) is 0. The summed E-state index contributed by atoms with van der Waals surface area (Å²) in [5, 5.41) is 16.2. The Bertz CT molecular complexity index is 598. The predicted octanol–water partition coefficient (Wildman–Crippen LogP) is 0.935. The topological polar surface area (TPSA) is 84.4 Å². The molecule has 1 aliphatic rings. The molecular formula is C12H14N4O3. The number of aryl methyl sites for hydroxylation is 1. The molecule has 1 fully saturated rings. The van der Waals surface area contributed by atoms with Crippen molar-refractivity contribution in [1.29, 1.82) is 0 Å². The number of carboxylic acid groups (broad SMARTS) is 1. The van der Waals surface area contributed by atoms with E-state index in [4.69, 9.17) is 9.52 Å². The maximum absolute atomic E-state index is 10.7. The highest BCUT2D eigenvalue weighted by atomic mass is 16.4. The molecule has 0 radical (unpaired) electrons. The highest BCUT2D eigenvalue weighted by molar-refractivity contribution is 5.84. The molecule has 0 bridgehead atoms. The van der Waals surface area contributed by atoms with Crippen molar-refractivity contribution >= 4 is 5.97 Å². The van der Waals surface area contributed by atoms with Gasteiger partial charge < -0.3 is 9.52 Å². The van der Waals surface area contributed by atoms with Gasteiger partial charge in [0.1, 0.15) is 5.76 Å². The van der Waals surface area contributed by atoms with Gasteiger partial charge >= 0.3 is 5.97 Å². The van der Waals surface area contributed by atoms with Gasteiger partial charge in [-0.05, 0) is 18.6 Å². The van der Waals surface area contributed by atoms with Crippen LogP contribution < -0.4 is 0 Å². The van der Waals surface area contributed by atoms with E-state index < -0.39 is 5.97 Å². The SMILES string of the molecule is Cc1ccoc1CN1CC(n2cc(C(=O)O)nn2)C1. The summed E-state index contributed by atoms with van der Waals surface area (Å²) in [6.45, 7) is 4.44. The van der Waals surface area contributed by atoms with Crippen LogP contribution in [0.1, 0.15) is 27.9 Å². The molecule has 1 saturated heterocycles. The lowest BCUT2D eigenvalue weighted by molar-refractivity contribution is 0.0689. The smallest absolute Gasteiger partial charge is 0.358 e. The Kier molecular flexibility index (Phi) is 2.83. The molecule has 0 atom stereocenters. The second-order valence-corrected chi connectivity index (χ2v) is 4.76. The Hall–Kier alpha value is -2.15. The van der Waals surface area contributed by atoms with Crippen molar-refractivity contribution in [3.05, 3.63) is 35.5 Å². The van der Waals surface area contributed by atoms with Gasteiger partial charge in [0.15, 0.2) is 5.69 Å². The van der Waals surface area contributed by atoms with E-state index in [2.05, 4.69) is 15.2 Å². The fourth-order valence-electron chi connectivity index (χ4n) is 2.16. The second kappa shape index (κ2) is 4.51. The Morgan fingerprint density at radius 1 is 1.58 bits per heavy atom. The van der Waals surface area contributed by atoms with Crippen LogP contribution in [-0.4, -0.2) is 44.1 Å². The van der Waals surface area contributed by atoms with Gasteiger partial charge in [-0.2, -0.15) is 0 Å². The van der Waals surface area contributed by atoms with Crippen LogP contribution in [0.5, 0.6) is 0 Å². The van der Waals surface area contributed by atoms with Gasteiger partial charge in [0, 0.05) is 13.1 Å². The second-order valence-electron chi connectivity index (χ2n) is 4.76. The van der Waals surface area contributed by atoms with Crippen LogP contribution in [-0.2, 0) is 6.54 Å². The van der Waals surface area contributed by atoms with E-state index in [1.807, 2.05) is 13.0 Å². The fourth-order valence-corrected chi connectivity index (χ4v) is 2.16. The number of aromatic nitrogens is 3. The van der Waals surface area contributed by atoms with E-state index in [0.717, 1.165) is 31.0 Å². The molecular weight excluding hydrogens is 248 g/mol. The third kappa shape index (κ3) is 2.24. The Morgan fingerprint density at radius 3 is 2.95 bits per heavy atom. The van der Waals surface area contributed by atoms with Gasteiger partial charge in [-0.25, -0.2) is 9.48 Å². The van der Waals surface area contributed by atoms with Crippen LogP contribution in [0.4, 0.5) is 0 Å². The molecule has 3 rings (SSSR count). The molecule has 100 valence electrons. The predicted molar refractivity (Wildman–Crippen MR) is 64.7 cm³/mol. The van der Waals surface area contributed by atoms with E-state index in [0.29, 0.717) is 0 Å². The number of carbonyl (C=O) groups is 1. The van der Waals surface area contributed by atoms with Gasteiger partial charge in [-0.1, -0.05) is 5.21 Å². The number of aromatic carboxylic acids is 1. The quantitative estimate of drug-likeness (QED) is 0.882. The van der Waals surface area contributed by atoms with Crippen molar-refractivity contribution in [2.24, 2.45) is 0 Å². The molecule has 0 aromatic carbocycles. The van der Waals surface area contributed by atoms with Crippen LogP contribution in [0.3, 0.4) is 0 Å². The van der Waals surface area contributed by atoms with Crippen LogP contribution >= 0.6 is 0 Å². The van der Waals surface area contributed by atoms with Crippen molar-refractivity contribution in [2.45, 2.75) is 19.5 Å². The highest BCUT2D eigenvalue weighted by Crippen LogP contribution is 2.23. The zero-order chi connectivity index (χ0) is 13.4. The molecule has 0 spiro atoms. The molecule has 0 amide bonds. The number of furan rings is 1. The summed E-state index contributed by atoms with van der Waals surface area (Å²) in [5.41, 5.74) is 1.14. The minimum atomic E-state index is -1.05. The summed E-state index contributed by atoms with van der Waals surface area (Å²) in [4.78, 5) is 12.9. The Balaban J connectivity index is 1.57. The zero-order valence-electron chi connectivity index (χ0n) is 10.5. The van der Waals surface area contributed by atoms with Crippen molar-refractivity contribution < 1.29 is 14.3 Å². The molecule has 7 nitrogen and oxygen atoms in total. The molecule has 2 aromatic rings. The summed E-state index contributed by atoms with van der Waals surface area (Å²) >= 11 is 0. The molecule has 1 aliphatic heterocycles. The monoisotopic (exact) mass is 262 g/mol. The van der Waals surface area contributed by atoms with Gasteiger partial charge in [0.05, 0.1) is 25.0 Å². The summed E-state index contributed by atoms with van der Waals surface area (Å²) < 4.78 is 7.01. The van der Waals surface area contributed by atoms with Crippen LogP contribution in [0.2, 0.25) is 0 Å². The average molecular weight is 262 g/mol.